The number of benzene rings is 1. The average molecular weight is 330 g/mol. The Morgan fingerprint density at radius 1 is 1.33 bits per heavy atom. The minimum absolute atomic E-state index is 0.0769. The lowest BCUT2D eigenvalue weighted by Crippen LogP contribution is -2.52. The number of nitrogens with zero attached hydrogens (tertiary/aromatic N) is 3. The van der Waals surface area contributed by atoms with Crippen molar-refractivity contribution in [2.75, 3.05) is 45.6 Å². The number of hydrogen-bond acceptors (Lipinski definition) is 6. The fourth-order valence-corrected chi connectivity index (χ4v) is 2.93. The number of hydrogen-bond donors (Lipinski definition) is 2. The fraction of sp³-hybridized carbons (Fsp3) is 0.412. The number of aromatic nitrogens is 1. The quantitative estimate of drug-likeness (QED) is 0.863. The highest BCUT2D eigenvalue weighted by atomic mass is 16.5. The summed E-state index contributed by atoms with van der Waals surface area (Å²) in [4.78, 5) is 16.2. The van der Waals surface area contributed by atoms with Crippen LogP contribution in [0.4, 0.5) is 5.82 Å². The predicted octanol–water partition coefficient (Wildman–Crippen LogP) is 1.70. The summed E-state index contributed by atoms with van der Waals surface area (Å²) >= 11 is 0. The van der Waals surface area contributed by atoms with Crippen molar-refractivity contribution in [3.05, 3.63) is 35.9 Å². The molecular weight excluding hydrogens is 308 g/mol. The van der Waals surface area contributed by atoms with Gasteiger partial charge in [-0.1, -0.05) is 35.5 Å². The summed E-state index contributed by atoms with van der Waals surface area (Å²) in [5, 5.41) is 16.7. The van der Waals surface area contributed by atoms with Crippen molar-refractivity contribution in [1.82, 2.24) is 15.0 Å². The fourth-order valence-electron chi connectivity index (χ4n) is 2.93. The molecule has 0 radical (unpaired) electrons. The van der Waals surface area contributed by atoms with Gasteiger partial charge in [0.25, 0.3) is 0 Å². The van der Waals surface area contributed by atoms with E-state index in [0.29, 0.717) is 18.2 Å². The molecule has 2 heterocycles. The Morgan fingerprint density at radius 3 is 2.79 bits per heavy atom. The number of likely N-dealkylation sites (N-methyl/N-ethyl adjacent to an activating group) is 2. The van der Waals surface area contributed by atoms with Gasteiger partial charge in [-0.05, 0) is 14.1 Å². The van der Waals surface area contributed by atoms with Crippen LogP contribution in [0.25, 0.3) is 11.3 Å². The first-order chi connectivity index (χ1) is 11.6. The molecule has 24 heavy (non-hydrogen) atoms. The van der Waals surface area contributed by atoms with Crippen LogP contribution in [0, 0.1) is 0 Å². The van der Waals surface area contributed by atoms with E-state index < -0.39 is 5.97 Å². The molecular formula is C17H22N4O3. The largest absolute Gasteiger partial charge is 0.477 e. The van der Waals surface area contributed by atoms with Crippen molar-refractivity contribution in [3.63, 3.8) is 0 Å². The maximum Gasteiger partial charge on any atom is 0.343 e. The minimum atomic E-state index is -1.05. The van der Waals surface area contributed by atoms with E-state index in [0.717, 1.165) is 19.6 Å². The minimum Gasteiger partial charge on any atom is -0.477 e. The third-order valence-electron chi connectivity index (χ3n) is 4.43. The number of carbonyl (C=O) groups is 1. The SMILES string of the molecule is CN1CCN(C)C(CNc2noc(-c3ccccc3)c2C(=O)O)C1. The monoisotopic (exact) mass is 330 g/mol. The number of rotatable bonds is 5. The smallest absolute Gasteiger partial charge is 0.343 e. The highest BCUT2D eigenvalue weighted by molar-refractivity contribution is 5.99. The molecule has 2 aromatic rings. The van der Waals surface area contributed by atoms with E-state index in [4.69, 9.17) is 4.52 Å². The molecule has 128 valence electrons. The molecule has 0 saturated carbocycles. The molecule has 0 bridgehead atoms. The Bertz CT molecular complexity index is 701. The summed E-state index contributed by atoms with van der Waals surface area (Å²) in [6, 6.07) is 9.45. The Kier molecular flexibility index (Phi) is 4.82. The highest BCUT2D eigenvalue weighted by Gasteiger charge is 2.26. The second kappa shape index (κ2) is 7.02. The van der Waals surface area contributed by atoms with Crippen LogP contribution in [0.2, 0.25) is 0 Å². The lowest BCUT2D eigenvalue weighted by atomic mass is 10.1. The summed E-state index contributed by atoms with van der Waals surface area (Å²) in [6.45, 7) is 3.56. The third kappa shape index (κ3) is 3.42. The van der Waals surface area contributed by atoms with Gasteiger partial charge in [-0.25, -0.2) is 4.79 Å². The first-order valence-corrected chi connectivity index (χ1v) is 7.97. The van der Waals surface area contributed by atoms with Gasteiger partial charge in [0.1, 0.15) is 0 Å². The molecule has 3 rings (SSSR count). The molecule has 1 aromatic heterocycles. The molecule has 1 fully saturated rings. The zero-order valence-electron chi connectivity index (χ0n) is 13.9. The van der Waals surface area contributed by atoms with Crippen molar-refractivity contribution >= 4 is 11.8 Å². The lowest BCUT2D eigenvalue weighted by molar-refractivity contribution is 0.0698. The predicted molar refractivity (Wildman–Crippen MR) is 91.3 cm³/mol. The van der Waals surface area contributed by atoms with Crippen molar-refractivity contribution < 1.29 is 14.4 Å². The van der Waals surface area contributed by atoms with Crippen LogP contribution in [0.5, 0.6) is 0 Å². The Balaban J connectivity index is 1.79. The van der Waals surface area contributed by atoms with E-state index in [2.05, 4.69) is 34.4 Å². The number of carboxylic acids is 1. The maximum absolute atomic E-state index is 11.7. The van der Waals surface area contributed by atoms with E-state index in [1.54, 1.807) is 12.1 Å². The molecule has 1 saturated heterocycles. The third-order valence-corrected chi connectivity index (χ3v) is 4.43. The zero-order chi connectivity index (χ0) is 17.1. The molecule has 2 N–H and O–H groups in total. The van der Waals surface area contributed by atoms with Gasteiger partial charge in [-0.2, -0.15) is 0 Å². The highest BCUT2D eigenvalue weighted by Crippen LogP contribution is 2.29. The van der Waals surface area contributed by atoms with Crippen LogP contribution >= 0.6 is 0 Å². The molecule has 0 amide bonds. The van der Waals surface area contributed by atoms with E-state index in [1.807, 2.05) is 18.2 Å². The lowest BCUT2D eigenvalue weighted by Gasteiger charge is -2.37. The summed E-state index contributed by atoms with van der Waals surface area (Å²) < 4.78 is 5.31. The van der Waals surface area contributed by atoms with E-state index in [9.17, 15) is 9.90 Å². The van der Waals surface area contributed by atoms with Crippen LogP contribution < -0.4 is 5.32 Å². The standard InChI is InChI=1S/C17H22N4O3/c1-20-8-9-21(2)13(11-20)10-18-16-14(17(22)23)15(24-19-16)12-6-4-3-5-7-12/h3-7,13H,8-11H2,1-2H3,(H,18,19)(H,22,23). The van der Waals surface area contributed by atoms with Crippen molar-refractivity contribution in [2.24, 2.45) is 0 Å². The first kappa shape index (κ1) is 16.5. The number of carboxylic acid groups (broad SMARTS) is 1. The Morgan fingerprint density at radius 2 is 2.08 bits per heavy atom. The number of piperazine rings is 1. The van der Waals surface area contributed by atoms with E-state index >= 15 is 0 Å². The van der Waals surface area contributed by atoms with Gasteiger partial charge >= 0.3 is 5.97 Å². The van der Waals surface area contributed by atoms with Gasteiger partial charge in [0.15, 0.2) is 17.1 Å². The van der Waals surface area contributed by atoms with Gasteiger partial charge in [-0.3, -0.25) is 4.90 Å². The Hall–Kier alpha value is -2.38. The van der Waals surface area contributed by atoms with Crippen LogP contribution in [-0.4, -0.2) is 72.3 Å². The molecule has 1 unspecified atom stereocenters. The summed E-state index contributed by atoms with van der Waals surface area (Å²) in [7, 11) is 4.17. The summed E-state index contributed by atoms with van der Waals surface area (Å²) in [5.41, 5.74) is 0.776. The molecule has 0 aliphatic carbocycles. The van der Waals surface area contributed by atoms with Gasteiger partial charge in [0, 0.05) is 37.8 Å². The zero-order valence-corrected chi connectivity index (χ0v) is 13.9. The first-order valence-electron chi connectivity index (χ1n) is 7.97. The van der Waals surface area contributed by atoms with Crippen molar-refractivity contribution in [3.8, 4) is 11.3 Å². The number of aromatic carboxylic acids is 1. The molecule has 7 heteroatoms. The topological polar surface area (TPSA) is 81.8 Å². The molecule has 1 atom stereocenters. The Labute approximate surface area is 140 Å². The van der Waals surface area contributed by atoms with Crippen LogP contribution in [0.1, 0.15) is 10.4 Å². The van der Waals surface area contributed by atoms with Crippen molar-refractivity contribution in [1.29, 1.82) is 0 Å². The summed E-state index contributed by atoms with van der Waals surface area (Å²) in [5.74, 6) is -0.491. The molecule has 7 nitrogen and oxygen atoms in total. The van der Waals surface area contributed by atoms with Crippen LogP contribution in [0.15, 0.2) is 34.9 Å². The van der Waals surface area contributed by atoms with Crippen molar-refractivity contribution in [2.45, 2.75) is 6.04 Å². The molecule has 0 spiro atoms. The van der Waals surface area contributed by atoms with Gasteiger partial charge in [0.2, 0.25) is 0 Å². The molecule has 1 aromatic carbocycles. The van der Waals surface area contributed by atoms with E-state index in [1.165, 1.54) is 0 Å². The van der Waals surface area contributed by atoms with Gasteiger partial charge < -0.3 is 19.8 Å². The van der Waals surface area contributed by atoms with E-state index in [-0.39, 0.29) is 17.1 Å². The summed E-state index contributed by atoms with van der Waals surface area (Å²) in [6.07, 6.45) is 0. The second-order valence-corrected chi connectivity index (χ2v) is 6.18. The molecule has 1 aliphatic heterocycles. The van der Waals surface area contributed by atoms with Gasteiger partial charge in [0.05, 0.1) is 0 Å². The van der Waals surface area contributed by atoms with Crippen LogP contribution in [-0.2, 0) is 0 Å². The van der Waals surface area contributed by atoms with Crippen LogP contribution in [0.3, 0.4) is 0 Å². The normalized spacial score (nSPS) is 19.3. The molecule has 1 aliphatic rings. The maximum atomic E-state index is 11.7. The number of anilines is 1. The average Bonchev–Trinajstić information content (AvgIpc) is 3.00. The number of nitrogens with one attached hydrogen (secondary N) is 1. The second-order valence-electron chi connectivity index (χ2n) is 6.18. The van der Waals surface area contributed by atoms with Gasteiger partial charge in [-0.15, -0.1) is 0 Å².